The molecule has 1 aliphatic heterocycles. The van der Waals surface area contributed by atoms with Gasteiger partial charge in [0.05, 0.1) is 27.1 Å². The van der Waals surface area contributed by atoms with E-state index in [1.807, 2.05) is 6.07 Å². The Morgan fingerprint density at radius 3 is 2.23 bits per heavy atom. The first-order valence-corrected chi connectivity index (χ1v) is 10.0. The third-order valence-corrected chi connectivity index (χ3v) is 5.29. The fourth-order valence-corrected chi connectivity index (χ4v) is 3.62. The molecule has 0 radical (unpaired) electrons. The van der Waals surface area contributed by atoms with Crippen LogP contribution in [0.15, 0.2) is 42.5 Å². The zero-order chi connectivity index (χ0) is 21.5. The van der Waals surface area contributed by atoms with Crippen molar-refractivity contribution in [3.05, 3.63) is 59.4 Å². The Morgan fingerprint density at radius 1 is 0.967 bits per heavy atom. The first kappa shape index (κ1) is 21.6. The van der Waals surface area contributed by atoms with Crippen molar-refractivity contribution in [2.75, 3.05) is 27.3 Å². The van der Waals surface area contributed by atoms with Crippen LogP contribution in [0.3, 0.4) is 0 Å². The molecule has 30 heavy (non-hydrogen) atoms. The number of nitrogens with one attached hydrogen (secondary N) is 1. The van der Waals surface area contributed by atoms with E-state index in [2.05, 4.69) is 5.32 Å². The molecule has 0 unspecified atom stereocenters. The van der Waals surface area contributed by atoms with Crippen LogP contribution in [0.25, 0.3) is 0 Å². The van der Waals surface area contributed by atoms with E-state index >= 15 is 0 Å². The number of methoxy groups -OCH3 is 2. The number of carbonyl (C=O) groups excluding carboxylic acids is 2. The topological polar surface area (TPSA) is 67.9 Å². The van der Waals surface area contributed by atoms with E-state index in [0.717, 1.165) is 11.1 Å². The molecule has 0 bridgehead atoms. The first-order chi connectivity index (χ1) is 14.5. The lowest BCUT2D eigenvalue weighted by Crippen LogP contribution is -2.47. The maximum Gasteiger partial charge on any atom is 0.226 e. The maximum atomic E-state index is 13.0. The van der Waals surface area contributed by atoms with Crippen molar-refractivity contribution in [1.82, 2.24) is 10.2 Å². The smallest absolute Gasteiger partial charge is 0.226 e. The number of halogens is 1. The lowest BCUT2D eigenvalue weighted by molar-refractivity contribution is -0.131. The van der Waals surface area contributed by atoms with E-state index in [4.69, 9.17) is 9.47 Å². The van der Waals surface area contributed by atoms with Crippen LogP contribution in [-0.2, 0) is 22.4 Å². The molecule has 7 heteroatoms. The third-order valence-electron chi connectivity index (χ3n) is 5.29. The maximum absolute atomic E-state index is 13.0. The van der Waals surface area contributed by atoms with E-state index in [1.165, 1.54) is 12.1 Å². The van der Waals surface area contributed by atoms with Crippen molar-refractivity contribution in [2.24, 2.45) is 0 Å². The van der Waals surface area contributed by atoms with E-state index in [9.17, 15) is 14.0 Å². The number of hydrogen-bond donors (Lipinski definition) is 1. The average molecular weight is 414 g/mol. The van der Waals surface area contributed by atoms with Crippen molar-refractivity contribution < 1.29 is 23.5 Å². The summed E-state index contributed by atoms with van der Waals surface area (Å²) >= 11 is 0. The molecule has 1 saturated heterocycles. The number of rotatable bonds is 7. The predicted molar refractivity (Wildman–Crippen MR) is 111 cm³/mol. The molecule has 3 rings (SSSR count). The SMILES string of the molecule is COc1ccc(CC(=O)NC2CCN(C(=O)Cc3ccc(F)cc3)CC2)cc1OC. The molecule has 0 aliphatic carbocycles. The molecule has 1 fully saturated rings. The van der Waals surface area contributed by atoms with Gasteiger partial charge in [-0.2, -0.15) is 0 Å². The fraction of sp³-hybridized carbons (Fsp3) is 0.391. The molecule has 1 N–H and O–H groups in total. The summed E-state index contributed by atoms with van der Waals surface area (Å²) in [6.07, 6.45) is 1.94. The van der Waals surface area contributed by atoms with Crippen LogP contribution < -0.4 is 14.8 Å². The number of benzene rings is 2. The summed E-state index contributed by atoms with van der Waals surface area (Å²) in [6, 6.07) is 11.5. The van der Waals surface area contributed by atoms with Gasteiger partial charge >= 0.3 is 0 Å². The molecule has 6 nitrogen and oxygen atoms in total. The average Bonchev–Trinajstić information content (AvgIpc) is 2.75. The number of nitrogens with zero attached hydrogens (tertiary/aromatic N) is 1. The number of amides is 2. The summed E-state index contributed by atoms with van der Waals surface area (Å²) in [5.41, 5.74) is 1.64. The van der Waals surface area contributed by atoms with Crippen molar-refractivity contribution in [2.45, 2.75) is 31.7 Å². The van der Waals surface area contributed by atoms with Gasteiger partial charge in [0.25, 0.3) is 0 Å². The minimum atomic E-state index is -0.309. The van der Waals surface area contributed by atoms with Crippen LogP contribution in [-0.4, -0.2) is 50.1 Å². The largest absolute Gasteiger partial charge is 0.493 e. The Labute approximate surface area is 176 Å². The number of ether oxygens (including phenoxy) is 2. The summed E-state index contributed by atoms with van der Waals surface area (Å²) < 4.78 is 23.5. The Hall–Kier alpha value is -3.09. The zero-order valence-electron chi connectivity index (χ0n) is 17.3. The van der Waals surface area contributed by atoms with E-state index in [0.29, 0.717) is 37.4 Å². The summed E-state index contributed by atoms with van der Waals surface area (Å²) in [7, 11) is 3.13. The van der Waals surface area contributed by atoms with Gasteiger partial charge in [0, 0.05) is 19.1 Å². The predicted octanol–water partition coefficient (Wildman–Crippen LogP) is 2.74. The Kier molecular flexibility index (Phi) is 7.27. The van der Waals surface area contributed by atoms with Gasteiger partial charge in [0.2, 0.25) is 11.8 Å². The molecule has 2 aromatic rings. The molecule has 1 heterocycles. The summed E-state index contributed by atoms with van der Waals surface area (Å²) in [5.74, 6) is 0.876. The van der Waals surface area contributed by atoms with Gasteiger partial charge in [-0.05, 0) is 48.2 Å². The van der Waals surface area contributed by atoms with Crippen LogP contribution in [0.5, 0.6) is 11.5 Å². The highest BCUT2D eigenvalue weighted by Crippen LogP contribution is 2.27. The van der Waals surface area contributed by atoms with Gasteiger partial charge in [-0.25, -0.2) is 4.39 Å². The van der Waals surface area contributed by atoms with Gasteiger partial charge in [-0.15, -0.1) is 0 Å². The molecule has 0 spiro atoms. The van der Waals surface area contributed by atoms with Crippen molar-refractivity contribution in [3.63, 3.8) is 0 Å². The van der Waals surface area contributed by atoms with Crippen LogP contribution in [0.4, 0.5) is 4.39 Å². The number of likely N-dealkylation sites (tertiary alicyclic amines) is 1. The van der Waals surface area contributed by atoms with Gasteiger partial charge in [0.1, 0.15) is 5.82 Å². The van der Waals surface area contributed by atoms with Crippen molar-refractivity contribution >= 4 is 11.8 Å². The van der Waals surface area contributed by atoms with Gasteiger partial charge in [-0.1, -0.05) is 18.2 Å². The van der Waals surface area contributed by atoms with Crippen LogP contribution in [0.2, 0.25) is 0 Å². The summed E-state index contributed by atoms with van der Waals surface area (Å²) in [4.78, 5) is 26.7. The third kappa shape index (κ3) is 5.72. The highest BCUT2D eigenvalue weighted by Gasteiger charge is 2.24. The fourth-order valence-electron chi connectivity index (χ4n) is 3.62. The van der Waals surface area contributed by atoms with Gasteiger partial charge in [0.15, 0.2) is 11.5 Å². The quantitative estimate of drug-likeness (QED) is 0.757. The molecular weight excluding hydrogens is 387 g/mol. The summed E-state index contributed by atoms with van der Waals surface area (Å²) in [5, 5.41) is 3.06. The monoisotopic (exact) mass is 414 g/mol. The minimum Gasteiger partial charge on any atom is -0.493 e. The highest BCUT2D eigenvalue weighted by atomic mass is 19.1. The molecule has 0 aromatic heterocycles. The standard InChI is InChI=1S/C23H27FN2O4/c1-29-20-8-5-17(13-21(20)30-2)14-22(27)25-19-9-11-26(12-10-19)23(28)15-16-3-6-18(24)7-4-16/h3-8,13,19H,9-12,14-15H2,1-2H3,(H,25,27). The van der Waals surface area contributed by atoms with Crippen LogP contribution in [0, 0.1) is 5.82 Å². The molecule has 160 valence electrons. The number of piperidine rings is 1. The molecule has 2 amide bonds. The lowest BCUT2D eigenvalue weighted by atomic mass is 10.0. The zero-order valence-corrected chi connectivity index (χ0v) is 17.3. The highest BCUT2D eigenvalue weighted by molar-refractivity contribution is 5.80. The first-order valence-electron chi connectivity index (χ1n) is 10.0. The second-order valence-corrected chi connectivity index (χ2v) is 7.39. The molecule has 2 aromatic carbocycles. The van der Waals surface area contributed by atoms with Crippen LogP contribution in [0.1, 0.15) is 24.0 Å². The second kappa shape index (κ2) is 10.1. The van der Waals surface area contributed by atoms with E-state index in [1.54, 1.807) is 43.4 Å². The Bertz CT molecular complexity index is 877. The molecular formula is C23H27FN2O4. The van der Waals surface area contributed by atoms with Crippen LogP contribution >= 0.6 is 0 Å². The number of carbonyl (C=O) groups is 2. The minimum absolute atomic E-state index is 0.0247. The van der Waals surface area contributed by atoms with E-state index in [-0.39, 0.29) is 36.5 Å². The molecule has 0 saturated carbocycles. The summed E-state index contributed by atoms with van der Waals surface area (Å²) in [6.45, 7) is 1.20. The van der Waals surface area contributed by atoms with E-state index < -0.39 is 0 Å². The van der Waals surface area contributed by atoms with Gasteiger partial charge in [-0.3, -0.25) is 9.59 Å². The second-order valence-electron chi connectivity index (χ2n) is 7.39. The number of hydrogen-bond acceptors (Lipinski definition) is 4. The van der Waals surface area contributed by atoms with Crippen molar-refractivity contribution in [1.29, 1.82) is 0 Å². The Balaban J connectivity index is 1.45. The van der Waals surface area contributed by atoms with Crippen molar-refractivity contribution in [3.8, 4) is 11.5 Å². The molecule has 0 atom stereocenters. The lowest BCUT2D eigenvalue weighted by Gasteiger charge is -2.32. The van der Waals surface area contributed by atoms with Gasteiger partial charge < -0.3 is 19.7 Å². The molecule has 1 aliphatic rings. The Morgan fingerprint density at radius 2 is 1.60 bits per heavy atom. The normalized spacial score (nSPS) is 14.3.